The summed E-state index contributed by atoms with van der Waals surface area (Å²) in [4.78, 5) is 0. The van der Waals surface area contributed by atoms with Crippen LogP contribution in [0.3, 0.4) is 0 Å². The predicted octanol–water partition coefficient (Wildman–Crippen LogP) is 4.06. The fourth-order valence-corrected chi connectivity index (χ4v) is 3.59. The Bertz CT molecular complexity index is 244. The van der Waals surface area contributed by atoms with Crippen LogP contribution in [-0.2, 0) is 0 Å². The number of hydrogen-bond donors (Lipinski definition) is 1. The Morgan fingerprint density at radius 2 is 1.88 bits per heavy atom. The molecular formula is C15H26O. The summed E-state index contributed by atoms with van der Waals surface area (Å²) in [5.41, 5.74) is 1.59. The standard InChI is InChI=1S/C15H26O/c1-2-12-7-4-6-10-15(12)13-8-3-5-9-14(16)11-13/h11-12,14-16H,2-10H2,1H3. The minimum atomic E-state index is -0.156. The van der Waals surface area contributed by atoms with Gasteiger partial charge in [-0.3, -0.25) is 0 Å². The Labute approximate surface area is 99.9 Å². The van der Waals surface area contributed by atoms with E-state index >= 15 is 0 Å². The zero-order valence-corrected chi connectivity index (χ0v) is 10.6. The lowest BCUT2D eigenvalue weighted by Crippen LogP contribution is -2.21. The molecule has 3 unspecified atom stereocenters. The number of rotatable bonds is 2. The largest absolute Gasteiger partial charge is 0.389 e. The third kappa shape index (κ3) is 2.88. The van der Waals surface area contributed by atoms with Crippen molar-refractivity contribution < 1.29 is 5.11 Å². The van der Waals surface area contributed by atoms with Crippen LogP contribution in [0.25, 0.3) is 0 Å². The van der Waals surface area contributed by atoms with E-state index in [0.29, 0.717) is 0 Å². The van der Waals surface area contributed by atoms with Crippen molar-refractivity contribution in [2.45, 2.75) is 70.8 Å². The number of hydrogen-bond acceptors (Lipinski definition) is 1. The number of allylic oxidation sites excluding steroid dienone is 1. The molecule has 16 heavy (non-hydrogen) atoms. The highest BCUT2D eigenvalue weighted by Crippen LogP contribution is 2.39. The van der Waals surface area contributed by atoms with Crippen LogP contribution >= 0.6 is 0 Å². The third-order valence-corrected chi connectivity index (χ3v) is 4.53. The molecule has 1 heteroatoms. The quantitative estimate of drug-likeness (QED) is 0.698. The van der Waals surface area contributed by atoms with E-state index in [-0.39, 0.29) is 6.10 Å². The first-order valence-corrected chi connectivity index (χ1v) is 7.20. The van der Waals surface area contributed by atoms with E-state index in [9.17, 15) is 5.11 Å². The van der Waals surface area contributed by atoms with E-state index in [0.717, 1.165) is 18.3 Å². The van der Waals surface area contributed by atoms with Crippen molar-refractivity contribution in [1.82, 2.24) is 0 Å². The lowest BCUT2D eigenvalue weighted by atomic mass is 9.73. The Balaban J connectivity index is 2.07. The SMILES string of the molecule is CCC1CCCCC1C1=CC(O)CCCC1. The van der Waals surface area contributed by atoms with Crippen LogP contribution in [0, 0.1) is 11.8 Å². The van der Waals surface area contributed by atoms with Gasteiger partial charge in [0.25, 0.3) is 0 Å². The normalized spacial score (nSPS) is 36.6. The second-order valence-corrected chi connectivity index (χ2v) is 5.61. The molecule has 0 heterocycles. The molecule has 2 aliphatic rings. The highest BCUT2D eigenvalue weighted by molar-refractivity contribution is 5.13. The first-order valence-electron chi connectivity index (χ1n) is 7.20. The third-order valence-electron chi connectivity index (χ3n) is 4.53. The van der Waals surface area contributed by atoms with Gasteiger partial charge in [-0.2, -0.15) is 0 Å². The summed E-state index contributed by atoms with van der Waals surface area (Å²) in [6.45, 7) is 2.33. The molecule has 0 radical (unpaired) electrons. The Hall–Kier alpha value is -0.300. The Morgan fingerprint density at radius 3 is 2.69 bits per heavy atom. The average Bonchev–Trinajstić information content (AvgIpc) is 2.54. The molecule has 2 aliphatic carbocycles. The maximum absolute atomic E-state index is 9.87. The molecule has 1 nitrogen and oxygen atoms in total. The minimum Gasteiger partial charge on any atom is -0.389 e. The topological polar surface area (TPSA) is 20.2 Å². The van der Waals surface area contributed by atoms with Gasteiger partial charge in [-0.1, -0.05) is 44.3 Å². The van der Waals surface area contributed by atoms with Gasteiger partial charge in [0.2, 0.25) is 0 Å². The molecule has 1 fully saturated rings. The lowest BCUT2D eigenvalue weighted by molar-refractivity contribution is 0.208. The summed E-state index contributed by atoms with van der Waals surface area (Å²) in [5.74, 6) is 1.69. The van der Waals surface area contributed by atoms with Crippen LogP contribution in [0.2, 0.25) is 0 Å². The monoisotopic (exact) mass is 222 g/mol. The number of aliphatic hydroxyl groups is 1. The molecular weight excluding hydrogens is 196 g/mol. The molecule has 0 spiro atoms. The highest BCUT2D eigenvalue weighted by Gasteiger charge is 2.27. The van der Waals surface area contributed by atoms with Crippen molar-refractivity contribution >= 4 is 0 Å². The zero-order chi connectivity index (χ0) is 11.4. The maximum Gasteiger partial charge on any atom is 0.0723 e. The zero-order valence-electron chi connectivity index (χ0n) is 10.6. The van der Waals surface area contributed by atoms with Crippen molar-refractivity contribution in [2.75, 3.05) is 0 Å². The summed E-state index contributed by atoms with van der Waals surface area (Å²) in [6, 6.07) is 0. The second-order valence-electron chi connectivity index (χ2n) is 5.61. The molecule has 2 rings (SSSR count). The molecule has 1 N–H and O–H groups in total. The van der Waals surface area contributed by atoms with Crippen LogP contribution < -0.4 is 0 Å². The van der Waals surface area contributed by atoms with Gasteiger partial charge in [0.05, 0.1) is 6.10 Å². The Morgan fingerprint density at radius 1 is 1.12 bits per heavy atom. The minimum absolute atomic E-state index is 0.156. The summed E-state index contributed by atoms with van der Waals surface area (Å²) >= 11 is 0. The van der Waals surface area contributed by atoms with Crippen LogP contribution in [-0.4, -0.2) is 11.2 Å². The van der Waals surface area contributed by atoms with Gasteiger partial charge in [0.1, 0.15) is 0 Å². The van der Waals surface area contributed by atoms with Gasteiger partial charge in [0, 0.05) is 0 Å². The summed E-state index contributed by atoms with van der Waals surface area (Å²) in [5, 5.41) is 9.87. The molecule has 1 saturated carbocycles. The molecule has 0 bridgehead atoms. The smallest absolute Gasteiger partial charge is 0.0723 e. The average molecular weight is 222 g/mol. The first-order chi connectivity index (χ1) is 7.81. The van der Waals surface area contributed by atoms with E-state index in [1.807, 2.05) is 0 Å². The van der Waals surface area contributed by atoms with Gasteiger partial charge >= 0.3 is 0 Å². The van der Waals surface area contributed by atoms with Crippen molar-refractivity contribution in [3.05, 3.63) is 11.6 Å². The van der Waals surface area contributed by atoms with E-state index < -0.39 is 0 Å². The predicted molar refractivity (Wildman–Crippen MR) is 68.3 cm³/mol. The molecule has 0 aliphatic heterocycles. The first kappa shape index (κ1) is 12.2. The molecule has 0 aromatic carbocycles. The molecule has 0 aromatic rings. The van der Waals surface area contributed by atoms with Crippen LogP contribution in [0.4, 0.5) is 0 Å². The van der Waals surface area contributed by atoms with E-state index in [2.05, 4.69) is 13.0 Å². The van der Waals surface area contributed by atoms with Crippen molar-refractivity contribution in [3.63, 3.8) is 0 Å². The van der Waals surface area contributed by atoms with Gasteiger partial charge in [-0.15, -0.1) is 0 Å². The number of aliphatic hydroxyl groups excluding tert-OH is 1. The lowest BCUT2D eigenvalue weighted by Gasteiger charge is -2.33. The van der Waals surface area contributed by atoms with Gasteiger partial charge < -0.3 is 5.11 Å². The summed E-state index contributed by atoms with van der Waals surface area (Å²) < 4.78 is 0. The molecule has 0 aromatic heterocycles. The van der Waals surface area contributed by atoms with Crippen LogP contribution in [0.1, 0.15) is 64.7 Å². The van der Waals surface area contributed by atoms with Crippen molar-refractivity contribution in [1.29, 1.82) is 0 Å². The van der Waals surface area contributed by atoms with Crippen LogP contribution in [0.15, 0.2) is 11.6 Å². The van der Waals surface area contributed by atoms with Gasteiger partial charge in [-0.05, 0) is 43.9 Å². The van der Waals surface area contributed by atoms with Gasteiger partial charge in [-0.25, -0.2) is 0 Å². The summed E-state index contributed by atoms with van der Waals surface area (Å²) in [6.07, 6.45) is 13.7. The van der Waals surface area contributed by atoms with Crippen LogP contribution in [0.5, 0.6) is 0 Å². The maximum atomic E-state index is 9.87. The van der Waals surface area contributed by atoms with Crippen molar-refractivity contribution in [2.24, 2.45) is 11.8 Å². The molecule has 0 amide bonds. The Kier molecular flexibility index (Phi) is 4.45. The van der Waals surface area contributed by atoms with E-state index in [1.165, 1.54) is 51.4 Å². The molecule has 3 atom stereocenters. The fraction of sp³-hybridized carbons (Fsp3) is 0.867. The van der Waals surface area contributed by atoms with E-state index in [1.54, 1.807) is 5.57 Å². The highest BCUT2D eigenvalue weighted by atomic mass is 16.3. The molecule has 92 valence electrons. The second kappa shape index (κ2) is 5.86. The van der Waals surface area contributed by atoms with E-state index in [4.69, 9.17) is 0 Å². The molecule has 0 saturated heterocycles. The van der Waals surface area contributed by atoms with Gasteiger partial charge in [0.15, 0.2) is 0 Å². The summed E-state index contributed by atoms with van der Waals surface area (Å²) in [7, 11) is 0. The van der Waals surface area contributed by atoms with Crippen molar-refractivity contribution in [3.8, 4) is 0 Å². The fourth-order valence-electron chi connectivity index (χ4n) is 3.59.